The van der Waals surface area contributed by atoms with E-state index in [0.29, 0.717) is 11.1 Å². The fourth-order valence-electron chi connectivity index (χ4n) is 6.61. The smallest absolute Gasteiger partial charge is 0.369 e. The van der Waals surface area contributed by atoms with E-state index in [9.17, 15) is 27.2 Å². The number of hydrogen-bond acceptors (Lipinski definition) is 4. The number of alkyl halides is 3. The Kier molecular flexibility index (Phi) is 7.03. The van der Waals surface area contributed by atoms with Gasteiger partial charge in [0.15, 0.2) is 11.5 Å². The van der Waals surface area contributed by atoms with Crippen LogP contribution in [0.2, 0.25) is 0 Å². The molecule has 218 valence electrons. The van der Waals surface area contributed by atoms with Crippen LogP contribution in [0.5, 0.6) is 0 Å². The average molecular weight is 579 g/mol. The number of amides is 2. The largest absolute Gasteiger partial charge is 0.417 e. The first-order valence-corrected chi connectivity index (χ1v) is 14.1. The van der Waals surface area contributed by atoms with Gasteiger partial charge in [0.25, 0.3) is 11.8 Å². The Bertz CT molecular complexity index is 1540. The van der Waals surface area contributed by atoms with E-state index in [0.717, 1.165) is 49.3 Å². The van der Waals surface area contributed by atoms with Gasteiger partial charge in [-0.3, -0.25) is 14.5 Å². The van der Waals surface area contributed by atoms with Crippen LogP contribution in [0.3, 0.4) is 0 Å². The lowest BCUT2D eigenvalue weighted by Gasteiger charge is -2.36. The molecule has 1 atom stereocenters. The fourth-order valence-corrected chi connectivity index (χ4v) is 6.61. The van der Waals surface area contributed by atoms with Gasteiger partial charge >= 0.3 is 6.18 Å². The minimum Gasteiger partial charge on any atom is -0.369 e. The van der Waals surface area contributed by atoms with Crippen molar-refractivity contribution in [2.75, 3.05) is 0 Å². The van der Waals surface area contributed by atoms with Gasteiger partial charge in [-0.25, -0.2) is 9.38 Å². The van der Waals surface area contributed by atoms with Crippen molar-refractivity contribution in [2.24, 2.45) is 16.6 Å². The van der Waals surface area contributed by atoms with Gasteiger partial charge in [0, 0.05) is 13.1 Å². The maximum absolute atomic E-state index is 14.2. The first kappa shape index (κ1) is 27.9. The maximum atomic E-state index is 14.2. The number of guanidine groups is 1. The summed E-state index contributed by atoms with van der Waals surface area (Å²) in [4.78, 5) is 35.0. The molecule has 2 N–H and O–H groups in total. The highest BCUT2D eigenvalue weighted by Gasteiger charge is 2.54. The van der Waals surface area contributed by atoms with Gasteiger partial charge in [-0.05, 0) is 65.3 Å². The van der Waals surface area contributed by atoms with Gasteiger partial charge in [-0.1, -0.05) is 61.7 Å². The molecule has 1 unspecified atom stereocenters. The van der Waals surface area contributed by atoms with Gasteiger partial charge in [-0.2, -0.15) is 13.2 Å². The molecule has 0 radical (unpaired) electrons. The first-order chi connectivity index (χ1) is 20.1. The summed E-state index contributed by atoms with van der Waals surface area (Å²) in [5.41, 5.74) is 6.10. The van der Waals surface area contributed by atoms with E-state index >= 15 is 0 Å². The van der Waals surface area contributed by atoms with Crippen LogP contribution in [0.4, 0.5) is 17.6 Å². The van der Waals surface area contributed by atoms with Crippen LogP contribution in [0.25, 0.3) is 0 Å². The molecule has 10 heteroatoms. The van der Waals surface area contributed by atoms with E-state index in [-0.39, 0.29) is 31.5 Å². The molecule has 2 aliphatic heterocycles. The van der Waals surface area contributed by atoms with Gasteiger partial charge in [0.05, 0.1) is 17.7 Å². The van der Waals surface area contributed by atoms with Crippen molar-refractivity contribution < 1.29 is 27.2 Å². The summed E-state index contributed by atoms with van der Waals surface area (Å²) in [7, 11) is 0. The van der Waals surface area contributed by atoms with Gasteiger partial charge < -0.3 is 10.6 Å². The number of hydrogen-bond donors (Lipinski definition) is 1. The Labute approximate surface area is 240 Å². The van der Waals surface area contributed by atoms with Crippen LogP contribution in [0.15, 0.2) is 71.7 Å². The maximum Gasteiger partial charge on any atom is 0.417 e. The normalized spacial score (nSPS) is 21.0. The summed E-state index contributed by atoms with van der Waals surface area (Å²) in [6.45, 7) is 0.257. The molecular formula is C32H30F4N4O2. The third kappa shape index (κ3) is 4.82. The molecule has 3 aromatic rings. The molecule has 1 aliphatic carbocycles. The van der Waals surface area contributed by atoms with E-state index in [1.165, 1.54) is 34.1 Å². The SMILES string of the molecule is NC1=NC(c2ccc(F)cc2)(C2CCCCC2)C(=O)N1Cc1ccc(C(F)(F)F)c(C(=O)N2Cc3ccccc3C2)c1. The minimum atomic E-state index is -4.75. The van der Waals surface area contributed by atoms with Gasteiger partial charge in [0.2, 0.25) is 0 Å². The third-order valence-electron chi connectivity index (χ3n) is 8.71. The van der Waals surface area contributed by atoms with E-state index < -0.39 is 40.5 Å². The van der Waals surface area contributed by atoms with Gasteiger partial charge in [0.1, 0.15) is 5.82 Å². The lowest BCUT2D eigenvalue weighted by molar-refractivity contribution is -0.138. The Morgan fingerprint density at radius 3 is 2.21 bits per heavy atom. The quantitative estimate of drug-likeness (QED) is 0.370. The predicted octanol–water partition coefficient (Wildman–Crippen LogP) is 6.13. The van der Waals surface area contributed by atoms with Crippen molar-refractivity contribution in [3.05, 3.63) is 106 Å². The Hall–Kier alpha value is -4.21. The molecule has 0 spiro atoms. The summed E-state index contributed by atoms with van der Waals surface area (Å²) in [5, 5.41) is 0. The van der Waals surface area contributed by atoms with Crippen LogP contribution < -0.4 is 5.73 Å². The Morgan fingerprint density at radius 1 is 0.952 bits per heavy atom. The molecule has 1 fully saturated rings. The second-order valence-corrected chi connectivity index (χ2v) is 11.3. The second kappa shape index (κ2) is 10.6. The summed E-state index contributed by atoms with van der Waals surface area (Å²) < 4.78 is 55.9. The lowest BCUT2D eigenvalue weighted by atomic mass is 9.71. The molecular weight excluding hydrogens is 548 g/mol. The van der Waals surface area contributed by atoms with Crippen LogP contribution >= 0.6 is 0 Å². The summed E-state index contributed by atoms with van der Waals surface area (Å²) in [6.07, 6.45) is -0.395. The predicted molar refractivity (Wildman–Crippen MR) is 148 cm³/mol. The number of nitrogens with zero attached hydrogens (tertiary/aromatic N) is 3. The van der Waals surface area contributed by atoms with Crippen molar-refractivity contribution >= 4 is 17.8 Å². The monoisotopic (exact) mass is 578 g/mol. The zero-order valence-corrected chi connectivity index (χ0v) is 22.8. The zero-order chi connectivity index (χ0) is 29.6. The van der Waals surface area contributed by atoms with E-state index in [1.54, 1.807) is 12.1 Å². The number of rotatable bonds is 5. The van der Waals surface area contributed by atoms with Crippen molar-refractivity contribution in [1.29, 1.82) is 0 Å². The van der Waals surface area contributed by atoms with Crippen molar-refractivity contribution in [3.63, 3.8) is 0 Å². The number of carbonyl (C=O) groups excluding carboxylic acids is 2. The standard InChI is InChI=1S/C32H30F4N4O2/c33-25-13-11-24(12-14-25)31(23-8-2-1-3-9-23)29(42)40(30(37)38-31)17-20-10-15-27(32(34,35)36)26(16-20)28(41)39-18-21-6-4-5-7-22(21)19-39/h4-7,10-16,23H,1-3,8-9,17-19H2,(H2,37,38). The van der Waals surface area contributed by atoms with E-state index in [1.807, 2.05) is 24.3 Å². The molecule has 0 saturated heterocycles. The van der Waals surface area contributed by atoms with Crippen LogP contribution in [0.1, 0.15) is 70.3 Å². The van der Waals surface area contributed by atoms with Crippen molar-refractivity contribution in [3.8, 4) is 0 Å². The molecule has 42 heavy (non-hydrogen) atoms. The topological polar surface area (TPSA) is 79.0 Å². The van der Waals surface area contributed by atoms with E-state index in [2.05, 4.69) is 0 Å². The summed E-state index contributed by atoms with van der Waals surface area (Å²) in [5.74, 6) is -1.80. The number of nitrogens with two attached hydrogens (primary N) is 1. The second-order valence-electron chi connectivity index (χ2n) is 11.3. The molecule has 0 bridgehead atoms. The molecule has 6 rings (SSSR count). The molecule has 2 amide bonds. The third-order valence-corrected chi connectivity index (χ3v) is 8.71. The number of carbonyl (C=O) groups is 2. The van der Waals surface area contributed by atoms with Crippen LogP contribution in [-0.4, -0.2) is 27.6 Å². The highest BCUT2D eigenvalue weighted by Crippen LogP contribution is 2.46. The zero-order valence-electron chi connectivity index (χ0n) is 22.8. The summed E-state index contributed by atoms with van der Waals surface area (Å²) in [6, 6.07) is 16.4. The minimum absolute atomic E-state index is 0.0577. The number of aliphatic imine (C=N–C) groups is 1. The first-order valence-electron chi connectivity index (χ1n) is 14.1. The molecule has 1 saturated carbocycles. The van der Waals surface area contributed by atoms with Crippen LogP contribution in [0, 0.1) is 11.7 Å². The number of halogens is 4. The number of benzene rings is 3. The van der Waals surface area contributed by atoms with Crippen molar-refractivity contribution in [1.82, 2.24) is 9.80 Å². The highest BCUT2D eigenvalue weighted by atomic mass is 19.4. The lowest BCUT2D eigenvalue weighted by Crippen LogP contribution is -2.46. The molecule has 3 aromatic carbocycles. The summed E-state index contributed by atoms with van der Waals surface area (Å²) >= 11 is 0. The number of fused-ring (bicyclic) bond motifs is 1. The highest BCUT2D eigenvalue weighted by molar-refractivity contribution is 6.07. The van der Waals surface area contributed by atoms with Crippen LogP contribution in [-0.2, 0) is 36.1 Å². The molecule has 2 heterocycles. The molecule has 6 nitrogen and oxygen atoms in total. The molecule has 3 aliphatic rings. The van der Waals surface area contributed by atoms with Gasteiger partial charge in [-0.15, -0.1) is 0 Å². The molecule has 0 aromatic heterocycles. The fraction of sp³-hybridized carbons (Fsp3) is 0.344. The van der Waals surface area contributed by atoms with Crippen molar-refractivity contribution in [2.45, 2.75) is 63.5 Å². The Balaban J connectivity index is 1.33. The average Bonchev–Trinajstić information content (AvgIpc) is 3.52. The Morgan fingerprint density at radius 2 is 1.60 bits per heavy atom. The van der Waals surface area contributed by atoms with E-state index in [4.69, 9.17) is 10.7 Å².